The molecule has 0 spiro atoms. The Morgan fingerprint density at radius 1 is 1.38 bits per heavy atom. The van der Waals surface area contributed by atoms with E-state index in [4.69, 9.17) is 9.47 Å². The highest BCUT2D eigenvalue weighted by atomic mass is 16.5. The van der Waals surface area contributed by atoms with Crippen LogP contribution in [0, 0.1) is 0 Å². The molecule has 86 valence electrons. The van der Waals surface area contributed by atoms with Crippen LogP contribution in [0.3, 0.4) is 0 Å². The maximum absolute atomic E-state index is 10.7. The van der Waals surface area contributed by atoms with Crippen LogP contribution in [0.2, 0.25) is 0 Å². The zero-order valence-electron chi connectivity index (χ0n) is 8.83. The van der Waals surface area contributed by atoms with Gasteiger partial charge in [0.15, 0.2) is 6.29 Å². The van der Waals surface area contributed by atoms with Crippen LogP contribution in [0.4, 0.5) is 0 Å². The maximum atomic E-state index is 10.7. The zero-order valence-corrected chi connectivity index (χ0v) is 8.83. The van der Waals surface area contributed by atoms with Gasteiger partial charge in [-0.15, -0.1) is 0 Å². The number of hydrogen-bond acceptors (Lipinski definition) is 4. The van der Waals surface area contributed by atoms with E-state index in [1.54, 1.807) is 24.3 Å². The smallest absolute Gasteiger partial charge is 0.153 e. The number of carbonyl (C=O) groups is 1. The third-order valence-electron chi connectivity index (χ3n) is 1.88. The summed E-state index contributed by atoms with van der Waals surface area (Å²) in [4.78, 5) is 10.7. The van der Waals surface area contributed by atoms with Gasteiger partial charge in [-0.25, -0.2) is 0 Å². The molecule has 1 aromatic rings. The SMILES string of the molecule is C=COCC(O)COc1ccccc1C=O. The van der Waals surface area contributed by atoms with Gasteiger partial charge in [0.05, 0.1) is 11.8 Å². The van der Waals surface area contributed by atoms with Gasteiger partial charge in [0.1, 0.15) is 25.1 Å². The van der Waals surface area contributed by atoms with E-state index in [0.717, 1.165) is 0 Å². The number of hydrogen-bond donors (Lipinski definition) is 1. The molecule has 1 atom stereocenters. The van der Waals surface area contributed by atoms with Gasteiger partial charge in [-0.1, -0.05) is 18.7 Å². The lowest BCUT2D eigenvalue weighted by Gasteiger charge is -2.12. The second-order valence-electron chi connectivity index (χ2n) is 3.12. The first-order chi connectivity index (χ1) is 7.77. The van der Waals surface area contributed by atoms with Gasteiger partial charge in [-0.05, 0) is 12.1 Å². The molecule has 0 aliphatic rings. The fourth-order valence-electron chi connectivity index (χ4n) is 1.12. The molecule has 0 radical (unpaired) electrons. The van der Waals surface area contributed by atoms with Crippen LogP contribution < -0.4 is 4.74 Å². The highest BCUT2D eigenvalue weighted by molar-refractivity contribution is 5.79. The molecule has 1 unspecified atom stereocenters. The number of ether oxygens (including phenoxy) is 2. The molecule has 16 heavy (non-hydrogen) atoms. The minimum atomic E-state index is -0.752. The summed E-state index contributed by atoms with van der Waals surface area (Å²) in [5.41, 5.74) is 0.458. The van der Waals surface area contributed by atoms with Crippen LogP contribution in [0.5, 0.6) is 5.75 Å². The van der Waals surface area contributed by atoms with Crippen molar-refractivity contribution in [3.63, 3.8) is 0 Å². The Morgan fingerprint density at radius 2 is 2.12 bits per heavy atom. The average molecular weight is 222 g/mol. The predicted octanol–water partition coefficient (Wildman–Crippen LogP) is 1.40. The highest BCUT2D eigenvalue weighted by Gasteiger charge is 2.07. The summed E-state index contributed by atoms with van der Waals surface area (Å²) in [5, 5.41) is 9.42. The van der Waals surface area contributed by atoms with Gasteiger partial charge in [-0.3, -0.25) is 4.79 Å². The van der Waals surface area contributed by atoms with Crippen LogP contribution >= 0.6 is 0 Å². The minimum Gasteiger partial charge on any atom is -0.499 e. The fourth-order valence-corrected chi connectivity index (χ4v) is 1.12. The lowest BCUT2D eigenvalue weighted by molar-refractivity contribution is 0.0464. The van der Waals surface area contributed by atoms with Crippen LogP contribution in [0.15, 0.2) is 37.1 Å². The Balaban J connectivity index is 2.47. The van der Waals surface area contributed by atoms with Gasteiger partial charge in [0, 0.05) is 0 Å². The normalized spacial score (nSPS) is 11.6. The van der Waals surface area contributed by atoms with E-state index in [-0.39, 0.29) is 13.2 Å². The van der Waals surface area contributed by atoms with Crippen molar-refractivity contribution in [1.82, 2.24) is 0 Å². The molecule has 0 amide bonds. The summed E-state index contributed by atoms with van der Waals surface area (Å²) in [7, 11) is 0. The molecular weight excluding hydrogens is 208 g/mol. The third-order valence-corrected chi connectivity index (χ3v) is 1.88. The summed E-state index contributed by atoms with van der Waals surface area (Å²) in [6.45, 7) is 3.54. The van der Waals surface area contributed by atoms with Crippen LogP contribution in [0.25, 0.3) is 0 Å². The predicted molar refractivity (Wildman–Crippen MR) is 59.5 cm³/mol. The zero-order chi connectivity index (χ0) is 11.8. The van der Waals surface area contributed by atoms with Crippen molar-refractivity contribution in [3.8, 4) is 5.75 Å². The molecule has 0 fully saturated rings. The molecular formula is C12H14O4. The molecule has 1 N–H and O–H groups in total. The number of aliphatic hydroxyl groups is 1. The molecule has 4 nitrogen and oxygen atoms in total. The Labute approximate surface area is 94.1 Å². The van der Waals surface area contributed by atoms with E-state index < -0.39 is 6.10 Å². The van der Waals surface area contributed by atoms with Crippen molar-refractivity contribution in [2.45, 2.75) is 6.10 Å². The van der Waals surface area contributed by atoms with Gasteiger partial charge in [0.25, 0.3) is 0 Å². The lowest BCUT2D eigenvalue weighted by Crippen LogP contribution is -2.22. The van der Waals surface area contributed by atoms with Crippen molar-refractivity contribution in [1.29, 1.82) is 0 Å². The summed E-state index contributed by atoms with van der Waals surface area (Å²) in [5.74, 6) is 0.454. The molecule has 0 aliphatic carbocycles. The van der Waals surface area contributed by atoms with Crippen LogP contribution in [-0.2, 0) is 4.74 Å². The van der Waals surface area contributed by atoms with E-state index >= 15 is 0 Å². The lowest BCUT2D eigenvalue weighted by atomic mass is 10.2. The number of para-hydroxylation sites is 1. The van der Waals surface area contributed by atoms with Crippen LogP contribution in [-0.4, -0.2) is 30.7 Å². The molecule has 0 aliphatic heterocycles. The summed E-state index contributed by atoms with van der Waals surface area (Å²) in [6, 6.07) is 6.82. The van der Waals surface area contributed by atoms with Crippen molar-refractivity contribution in [3.05, 3.63) is 42.7 Å². The molecule has 4 heteroatoms. The monoisotopic (exact) mass is 222 g/mol. The molecule has 0 saturated carbocycles. The summed E-state index contributed by atoms with van der Waals surface area (Å²) < 4.78 is 10.1. The van der Waals surface area contributed by atoms with Gasteiger partial charge < -0.3 is 14.6 Å². The second-order valence-corrected chi connectivity index (χ2v) is 3.12. The van der Waals surface area contributed by atoms with E-state index in [9.17, 15) is 9.90 Å². The fraction of sp³-hybridized carbons (Fsp3) is 0.250. The van der Waals surface area contributed by atoms with E-state index in [1.807, 2.05) is 0 Å². The molecule has 0 heterocycles. The molecule has 0 bridgehead atoms. The number of aldehydes is 1. The summed E-state index contributed by atoms with van der Waals surface area (Å²) >= 11 is 0. The van der Waals surface area contributed by atoms with E-state index in [0.29, 0.717) is 17.6 Å². The first-order valence-corrected chi connectivity index (χ1v) is 4.85. The third kappa shape index (κ3) is 3.74. The maximum Gasteiger partial charge on any atom is 0.153 e. The first kappa shape index (κ1) is 12.3. The quantitative estimate of drug-likeness (QED) is 0.559. The highest BCUT2D eigenvalue weighted by Crippen LogP contribution is 2.15. The minimum absolute atomic E-state index is 0.0681. The Hall–Kier alpha value is -1.81. The van der Waals surface area contributed by atoms with E-state index in [2.05, 4.69) is 6.58 Å². The largest absolute Gasteiger partial charge is 0.499 e. The van der Waals surface area contributed by atoms with Gasteiger partial charge in [0.2, 0.25) is 0 Å². The standard InChI is InChI=1S/C12H14O4/c1-2-15-8-11(14)9-16-12-6-4-3-5-10(12)7-13/h2-7,11,14H,1,8-9H2. The van der Waals surface area contributed by atoms with E-state index in [1.165, 1.54) is 6.26 Å². The Kier molecular flexibility index (Phi) is 5.08. The molecule has 1 rings (SSSR count). The van der Waals surface area contributed by atoms with Crippen molar-refractivity contribution in [2.24, 2.45) is 0 Å². The number of rotatable bonds is 7. The Morgan fingerprint density at radius 3 is 2.81 bits per heavy atom. The van der Waals surface area contributed by atoms with Crippen molar-refractivity contribution >= 4 is 6.29 Å². The molecule has 0 aromatic heterocycles. The molecule has 0 saturated heterocycles. The average Bonchev–Trinajstić information content (AvgIpc) is 2.34. The molecule has 1 aromatic carbocycles. The van der Waals surface area contributed by atoms with Crippen molar-refractivity contribution < 1.29 is 19.4 Å². The number of aliphatic hydroxyl groups excluding tert-OH is 1. The van der Waals surface area contributed by atoms with Gasteiger partial charge in [-0.2, -0.15) is 0 Å². The first-order valence-electron chi connectivity index (χ1n) is 4.85. The Bertz CT molecular complexity index is 349. The second kappa shape index (κ2) is 6.63. The van der Waals surface area contributed by atoms with Crippen LogP contribution in [0.1, 0.15) is 10.4 Å². The summed E-state index contributed by atoms with van der Waals surface area (Å²) in [6.07, 6.45) is 1.21. The van der Waals surface area contributed by atoms with Gasteiger partial charge >= 0.3 is 0 Å². The number of carbonyl (C=O) groups excluding carboxylic acids is 1. The topological polar surface area (TPSA) is 55.8 Å². The van der Waals surface area contributed by atoms with Crippen molar-refractivity contribution in [2.75, 3.05) is 13.2 Å². The number of benzene rings is 1.